The van der Waals surface area contributed by atoms with Crippen molar-refractivity contribution in [3.63, 3.8) is 0 Å². The van der Waals surface area contributed by atoms with Gasteiger partial charge in [-0.15, -0.1) is 0 Å². The summed E-state index contributed by atoms with van der Waals surface area (Å²) in [4.78, 5) is 2.32. The summed E-state index contributed by atoms with van der Waals surface area (Å²) in [7, 11) is 0. The van der Waals surface area contributed by atoms with Crippen LogP contribution < -0.4 is 0 Å². The molecule has 4 aromatic carbocycles. The molecule has 0 saturated heterocycles. The highest BCUT2D eigenvalue weighted by atomic mass is 16.3. The minimum Gasteiger partial charge on any atom is -0.508 e. The van der Waals surface area contributed by atoms with E-state index in [-0.39, 0.29) is 11.8 Å². The van der Waals surface area contributed by atoms with E-state index in [9.17, 15) is 5.11 Å². The van der Waals surface area contributed by atoms with Gasteiger partial charge in [-0.25, -0.2) is 0 Å². The Morgan fingerprint density at radius 2 is 1.10 bits per heavy atom. The molecule has 0 amide bonds. The summed E-state index contributed by atoms with van der Waals surface area (Å²) in [5, 5.41) is 10.7. The van der Waals surface area contributed by atoms with Gasteiger partial charge in [0.15, 0.2) is 0 Å². The van der Waals surface area contributed by atoms with Crippen molar-refractivity contribution >= 4 is 0 Å². The Hall–Kier alpha value is -3.80. The first kappa shape index (κ1) is 20.5. The third-order valence-electron chi connectivity index (χ3n) is 5.18. The molecule has 0 aliphatic heterocycles. The fourth-order valence-corrected chi connectivity index (χ4v) is 3.63. The summed E-state index contributed by atoms with van der Waals surface area (Å²) in [5.74, 6) is 7.03. The molecule has 0 aliphatic carbocycles. The van der Waals surface area contributed by atoms with Gasteiger partial charge in [0.25, 0.3) is 0 Å². The van der Waals surface area contributed by atoms with E-state index in [1.54, 1.807) is 6.07 Å². The fourth-order valence-electron chi connectivity index (χ4n) is 3.63. The summed E-state index contributed by atoms with van der Waals surface area (Å²) in [6.45, 7) is 1.44. The predicted octanol–water partition coefficient (Wildman–Crippen LogP) is 6.19. The number of phenolic OH excluding ortho intramolecular Hbond substituents is 1. The highest BCUT2D eigenvalue weighted by molar-refractivity contribution is 5.42. The number of aromatic hydroxyl groups is 1. The quantitative estimate of drug-likeness (QED) is 0.388. The SMILES string of the molecule is Oc1ccccc1C(C#Cc1ccccc1)N(Cc1ccccc1)Cc1ccccc1. The molecule has 2 heteroatoms. The standard InChI is InChI=1S/C29H25NO/c31-29-19-11-10-18-27(29)28(21-20-24-12-4-1-5-13-24)30(22-25-14-6-2-7-15-25)23-26-16-8-3-9-17-26/h1-19,28,31H,22-23H2. The van der Waals surface area contributed by atoms with Gasteiger partial charge in [0.2, 0.25) is 0 Å². The maximum absolute atomic E-state index is 10.7. The number of rotatable bonds is 6. The van der Waals surface area contributed by atoms with Crippen LogP contribution in [0.25, 0.3) is 0 Å². The topological polar surface area (TPSA) is 23.5 Å². The number of hydrogen-bond donors (Lipinski definition) is 1. The summed E-state index contributed by atoms with van der Waals surface area (Å²) in [6.07, 6.45) is 0. The van der Waals surface area contributed by atoms with E-state index in [1.165, 1.54) is 11.1 Å². The van der Waals surface area contributed by atoms with Crippen LogP contribution in [0.15, 0.2) is 115 Å². The minimum absolute atomic E-state index is 0.262. The molecule has 4 rings (SSSR count). The molecule has 152 valence electrons. The molecule has 0 spiro atoms. The van der Waals surface area contributed by atoms with Crippen LogP contribution in [-0.4, -0.2) is 10.0 Å². The number of para-hydroxylation sites is 1. The van der Waals surface area contributed by atoms with Crippen LogP contribution in [0.3, 0.4) is 0 Å². The monoisotopic (exact) mass is 403 g/mol. The van der Waals surface area contributed by atoms with Crippen LogP contribution in [0.1, 0.15) is 28.3 Å². The lowest BCUT2D eigenvalue weighted by Gasteiger charge is -2.29. The van der Waals surface area contributed by atoms with Gasteiger partial charge in [0.1, 0.15) is 11.8 Å². The zero-order valence-corrected chi connectivity index (χ0v) is 17.4. The van der Waals surface area contributed by atoms with Crippen molar-refractivity contribution in [2.24, 2.45) is 0 Å². The Balaban J connectivity index is 1.76. The highest BCUT2D eigenvalue weighted by Crippen LogP contribution is 2.30. The average Bonchev–Trinajstić information content (AvgIpc) is 2.82. The first-order valence-electron chi connectivity index (χ1n) is 10.5. The van der Waals surface area contributed by atoms with Gasteiger partial charge in [-0.05, 0) is 29.3 Å². The summed E-state index contributed by atoms with van der Waals surface area (Å²) in [6, 6.07) is 38.0. The zero-order valence-electron chi connectivity index (χ0n) is 17.4. The van der Waals surface area contributed by atoms with E-state index >= 15 is 0 Å². The lowest BCUT2D eigenvalue weighted by molar-refractivity contribution is 0.216. The third-order valence-corrected chi connectivity index (χ3v) is 5.18. The molecular formula is C29H25NO. The summed E-state index contributed by atoms with van der Waals surface area (Å²) < 4.78 is 0. The van der Waals surface area contributed by atoms with Crippen molar-refractivity contribution in [1.29, 1.82) is 0 Å². The van der Waals surface area contributed by atoms with Crippen molar-refractivity contribution in [1.82, 2.24) is 4.90 Å². The number of benzene rings is 4. The first-order chi connectivity index (χ1) is 15.3. The van der Waals surface area contributed by atoms with Gasteiger partial charge in [-0.3, -0.25) is 4.90 Å². The lowest BCUT2D eigenvalue weighted by atomic mass is 10.0. The second-order valence-electron chi connectivity index (χ2n) is 7.47. The van der Waals surface area contributed by atoms with Gasteiger partial charge in [0.05, 0.1) is 0 Å². The van der Waals surface area contributed by atoms with E-state index in [0.29, 0.717) is 0 Å². The Morgan fingerprint density at radius 1 is 0.613 bits per heavy atom. The van der Waals surface area contributed by atoms with Crippen molar-refractivity contribution < 1.29 is 5.11 Å². The smallest absolute Gasteiger partial charge is 0.121 e. The summed E-state index contributed by atoms with van der Waals surface area (Å²) >= 11 is 0. The average molecular weight is 404 g/mol. The van der Waals surface area contributed by atoms with E-state index in [1.807, 2.05) is 60.7 Å². The predicted molar refractivity (Wildman–Crippen MR) is 126 cm³/mol. The second kappa shape index (κ2) is 10.3. The van der Waals surface area contributed by atoms with Crippen LogP contribution in [0.4, 0.5) is 0 Å². The molecule has 1 atom stereocenters. The molecule has 0 heterocycles. The van der Waals surface area contributed by atoms with Crippen LogP contribution in [0, 0.1) is 11.8 Å². The van der Waals surface area contributed by atoms with Gasteiger partial charge >= 0.3 is 0 Å². The highest BCUT2D eigenvalue weighted by Gasteiger charge is 2.22. The van der Waals surface area contributed by atoms with Gasteiger partial charge in [0, 0.05) is 24.2 Å². The maximum atomic E-state index is 10.7. The van der Waals surface area contributed by atoms with Gasteiger partial charge < -0.3 is 5.11 Å². The van der Waals surface area contributed by atoms with Gasteiger partial charge in [-0.2, -0.15) is 0 Å². The second-order valence-corrected chi connectivity index (χ2v) is 7.47. The van der Waals surface area contributed by atoms with E-state index in [2.05, 4.69) is 65.3 Å². The molecule has 31 heavy (non-hydrogen) atoms. The number of nitrogens with zero attached hydrogens (tertiary/aromatic N) is 1. The molecule has 0 bridgehead atoms. The Kier molecular flexibility index (Phi) is 6.80. The van der Waals surface area contributed by atoms with Crippen LogP contribution in [-0.2, 0) is 13.1 Å². The zero-order chi connectivity index (χ0) is 21.3. The van der Waals surface area contributed by atoms with E-state index < -0.39 is 0 Å². The molecule has 1 unspecified atom stereocenters. The minimum atomic E-state index is -0.262. The molecule has 0 aliphatic rings. The first-order valence-corrected chi connectivity index (χ1v) is 10.5. The molecule has 0 aromatic heterocycles. The number of hydrogen-bond acceptors (Lipinski definition) is 2. The maximum Gasteiger partial charge on any atom is 0.121 e. The molecular weight excluding hydrogens is 378 g/mol. The Bertz CT molecular complexity index is 1100. The number of phenols is 1. The molecule has 0 fully saturated rings. The third kappa shape index (κ3) is 5.63. The summed E-state index contributed by atoms with van der Waals surface area (Å²) in [5.41, 5.74) is 4.20. The van der Waals surface area contributed by atoms with Crippen LogP contribution >= 0.6 is 0 Å². The normalized spacial score (nSPS) is 11.5. The van der Waals surface area contributed by atoms with Crippen molar-refractivity contribution in [2.45, 2.75) is 19.1 Å². The van der Waals surface area contributed by atoms with Crippen LogP contribution in [0.5, 0.6) is 5.75 Å². The van der Waals surface area contributed by atoms with Crippen LogP contribution in [0.2, 0.25) is 0 Å². The Morgan fingerprint density at radius 3 is 1.65 bits per heavy atom. The molecule has 4 aromatic rings. The van der Waals surface area contributed by atoms with Crippen molar-refractivity contribution in [2.75, 3.05) is 0 Å². The molecule has 1 N–H and O–H groups in total. The lowest BCUT2D eigenvalue weighted by Crippen LogP contribution is -2.27. The van der Waals surface area contributed by atoms with E-state index in [4.69, 9.17) is 0 Å². The van der Waals surface area contributed by atoms with Crippen molar-refractivity contribution in [3.05, 3.63) is 138 Å². The van der Waals surface area contributed by atoms with Crippen molar-refractivity contribution in [3.8, 4) is 17.6 Å². The fraction of sp³-hybridized carbons (Fsp3) is 0.103. The molecule has 0 saturated carbocycles. The largest absolute Gasteiger partial charge is 0.508 e. The molecule has 2 nitrogen and oxygen atoms in total. The van der Waals surface area contributed by atoms with Gasteiger partial charge in [-0.1, -0.05) is 109 Å². The Labute approximate surface area is 184 Å². The van der Waals surface area contributed by atoms with E-state index in [0.717, 1.165) is 24.2 Å². The molecule has 0 radical (unpaired) electrons.